The van der Waals surface area contributed by atoms with Gasteiger partial charge in [0.15, 0.2) is 17.5 Å². The van der Waals surface area contributed by atoms with E-state index in [1.807, 2.05) is 36.5 Å². The van der Waals surface area contributed by atoms with Gasteiger partial charge in [0.2, 0.25) is 11.4 Å². The molecule has 1 aliphatic rings. The first kappa shape index (κ1) is 42.3. The molecule has 0 radical (unpaired) electrons. The molecule has 0 spiro atoms. The van der Waals surface area contributed by atoms with Gasteiger partial charge in [-0.25, -0.2) is 19.9 Å². The van der Waals surface area contributed by atoms with Crippen LogP contribution in [-0.4, -0.2) is 30.5 Å². The zero-order valence-electron chi connectivity index (χ0n) is 39.4. The number of benzene rings is 7. The standard InChI is InChI=1S/C60H51N7O/c1-39-22-32-44(33-23-39)65-38-66(52-20-11-10-19-51(52)65)45-15-14-16-46(35-45)68-54-37-53-48(47-17-8-9-18-50(47)67(53)55-21-12-13-34-61-55)36-49(54)58-63-56(40-24-28-42(29-25-40)59(2,3)4)62-57(64-58)41-26-30-43(31-27-41)60(5,6)7/h8-37H,1-7H3/q+2. The molecule has 8 heteroatoms. The molecule has 0 N–H and O–H groups in total. The minimum Gasteiger partial charge on any atom is -0.456 e. The molecule has 8 nitrogen and oxygen atoms in total. The van der Waals surface area contributed by atoms with Crippen LogP contribution < -0.4 is 13.9 Å². The molecule has 0 amide bonds. The second kappa shape index (κ2) is 16.5. The fraction of sp³-hybridized carbons (Fsp3) is 0.150. The van der Waals surface area contributed by atoms with E-state index >= 15 is 0 Å². The first-order valence-corrected chi connectivity index (χ1v) is 23.1. The molecule has 10 aromatic rings. The minimum atomic E-state index is -0.00907. The Kier molecular flexibility index (Phi) is 10.3. The van der Waals surface area contributed by atoms with E-state index in [0.717, 1.165) is 67.1 Å². The van der Waals surface area contributed by atoms with Crippen molar-refractivity contribution in [3.8, 4) is 51.5 Å². The minimum absolute atomic E-state index is 0.00907. The lowest BCUT2D eigenvalue weighted by atomic mass is 9.86. The van der Waals surface area contributed by atoms with Crippen LogP contribution in [0.4, 0.5) is 22.7 Å². The zero-order chi connectivity index (χ0) is 46.7. The molecule has 4 heterocycles. The van der Waals surface area contributed by atoms with Crippen molar-refractivity contribution < 1.29 is 4.74 Å². The zero-order valence-corrected chi connectivity index (χ0v) is 39.4. The molecule has 0 saturated heterocycles. The molecule has 0 atom stereocenters. The van der Waals surface area contributed by atoms with Gasteiger partial charge >= 0.3 is 6.01 Å². The van der Waals surface area contributed by atoms with Crippen LogP contribution in [0.2, 0.25) is 0 Å². The van der Waals surface area contributed by atoms with E-state index < -0.39 is 0 Å². The van der Waals surface area contributed by atoms with E-state index in [1.165, 1.54) is 16.7 Å². The van der Waals surface area contributed by atoms with Gasteiger partial charge in [0.05, 0.1) is 22.7 Å². The first-order chi connectivity index (χ1) is 32.9. The van der Waals surface area contributed by atoms with Crippen molar-refractivity contribution in [3.63, 3.8) is 0 Å². The molecule has 0 unspecified atom stereocenters. The van der Waals surface area contributed by atoms with Gasteiger partial charge in [-0.2, -0.15) is 0 Å². The fourth-order valence-corrected chi connectivity index (χ4v) is 8.93. The predicted molar refractivity (Wildman–Crippen MR) is 278 cm³/mol. The summed E-state index contributed by atoms with van der Waals surface area (Å²) in [5, 5.41) is 2.09. The number of fused-ring (bicyclic) bond motifs is 4. The predicted octanol–water partition coefficient (Wildman–Crippen LogP) is 14.9. The van der Waals surface area contributed by atoms with Gasteiger partial charge < -0.3 is 4.74 Å². The summed E-state index contributed by atoms with van der Waals surface area (Å²) in [7, 11) is 0. The van der Waals surface area contributed by atoms with Crippen LogP contribution in [-0.2, 0) is 10.8 Å². The monoisotopic (exact) mass is 885 g/mol. The van der Waals surface area contributed by atoms with E-state index in [2.05, 4.69) is 214 Å². The van der Waals surface area contributed by atoms with E-state index in [4.69, 9.17) is 24.7 Å². The normalized spacial score (nSPS) is 12.6. The van der Waals surface area contributed by atoms with Gasteiger partial charge in [0, 0.05) is 64.5 Å². The molecule has 0 aliphatic carbocycles. The van der Waals surface area contributed by atoms with Gasteiger partial charge in [-0.15, -0.1) is 0 Å². The van der Waals surface area contributed by atoms with E-state index in [0.29, 0.717) is 29.0 Å². The van der Waals surface area contributed by atoms with Crippen LogP contribution in [0, 0.1) is 6.92 Å². The first-order valence-electron chi connectivity index (χ1n) is 23.1. The number of para-hydroxylation sites is 3. The van der Waals surface area contributed by atoms with Crippen molar-refractivity contribution in [1.82, 2.24) is 33.7 Å². The third-order valence-corrected chi connectivity index (χ3v) is 12.7. The van der Waals surface area contributed by atoms with Crippen LogP contribution in [0.5, 0.6) is 11.5 Å². The third kappa shape index (κ3) is 7.85. The van der Waals surface area contributed by atoms with E-state index in [1.54, 1.807) is 0 Å². The molecule has 0 fully saturated rings. The Morgan fingerprint density at radius 3 is 1.71 bits per heavy atom. The molecule has 330 valence electrons. The number of pyridine rings is 1. The van der Waals surface area contributed by atoms with E-state index in [9.17, 15) is 0 Å². The SMILES string of the molecule is Cc1ccc([N+]2=C=[N+](c3cccc(Oc4cc5c(cc4-c4nc(-c6ccc(C(C)(C)C)cc6)nc(-c6ccc(C(C)(C)C)cc6)n4)c4ccccc4n5-c4ccccn4)c3)c3ccccc32)cc1. The Hall–Kier alpha value is -8.32. The number of hydrogen-bond acceptors (Lipinski definition) is 5. The van der Waals surface area contributed by atoms with Crippen molar-refractivity contribution >= 4 is 50.6 Å². The fourth-order valence-electron chi connectivity index (χ4n) is 8.93. The third-order valence-electron chi connectivity index (χ3n) is 12.7. The lowest BCUT2D eigenvalue weighted by molar-refractivity contribution is 0.484. The number of aromatic nitrogens is 5. The molecule has 0 saturated carbocycles. The maximum Gasteiger partial charge on any atom is 0.503 e. The summed E-state index contributed by atoms with van der Waals surface area (Å²) in [6.07, 6.45) is 1.83. The molecule has 68 heavy (non-hydrogen) atoms. The van der Waals surface area contributed by atoms with Crippen LogP contribution in [0.25, 0.3) is 61.8 Å². The van der Waals surface area contributed by atoms with Gasteiger partial charge in [0.1, 0.15) is 17.3 Å². The number of hydrogen-bond donors (Lipinski definition) is 0. The maximum atomic E-state index is 7.17. The number of ether oxygens (including phenoxy) is 1. The largest absolute Gasteiger partial charge is 0.503 e. The number of nitrogens with zero attached hydrogens (tertiary/aromatic N) is 7. The summed E-state index contributed by atoms with van der Waals surface area (Å²) in [5.41, 5.74) is 12.1. The van der Waals surface area contributed by atoms with Crippen molar-refractivity contribution in [3.05, 3.63) is 199 Å². The molecule has 7 aromatic carbocycles. The highest BCUT2D eigenvalue weighted by atomic mass is 16.5. The Bertz CT molecular complexity index is 3550. The van der Waals surface area contributed by atoms with Crippen molar-refractivity contribution in [2.75, 3.05) is 0 Å². The molecule has 3 aromatic heterocycles. The summed E-state index contributed by atoms with van der Waals surface area (Å²) in [6.45, 7) is 15.4. The Labute approximate surface area is 396 Å². The summed E-state index contributed by atoms with van der Waals surface area (Å²) in [5.74, 6) is 3.67. The molecule has 11 rings (SSSR count). The Morgan fingerprint density at radius 2 is 1.09 bits per heavy atom. The molecular weight excluding hydrogens is 835 g/mol. The van der Waals surface area contributed by atoms with E-state index in [-0.39, 0.29) is 10.8 Å². The summed E-state index contributed by atoms with van der Waals surface area (Å²) < 4.78 is 13.6. The van der Waals surface area contributed by atoms with Crippen LogP contribution in [0.3, 0.4) is 0 Å². The average molecular weight is 886 g/mol. The van der Waals surface area contributed by atoms with Crippen molar-refractivity contribution in [2.45, 2.75) is 59.3 Å². The lowest BCUT2D eigenvalue weighted by Gasteiger charge is -2.19. The van der Waals surface area contributed by atoms with Crippen LogP contribution in [0.1, 0.15) is 58.2 Å². The summed E-state index contributed by atoms with van der Waals surface area (Å²) >= 11 is 0. The highest BCUT2D eigenvalue weighted by Crippen LogP contribution is 2.43. The van der Waals surface area contributed by atoms with Gasteiger partial charge in [-0.3, -0.25) is 4.57 Å². The highest BCUT2D eigenvalue weighted by molar-refractivity contribution is 6.11. The number of rotatable bonds is 8. The second-order valence-electron chi connectivity index (χ2n) is 19.6. The summed E-state index contributed by atoms with van der Waals surface area (Å²) in [6, 6.07) is 64.5. The van der Waals surface area contributed by atoms with Crippen LogP contribution >= 0.6 is 0 Å². The maximum absolute atomic E-state index is 7.17. The molecule has 1 aliphatic heterocycles. The average Bonchev–Trinajstić information content (AvgIpc) is 3.90. The Morgan fingerprint density at radius 1 is 0.500 bits per heavy atom. The van der Waals surface area contributed by atoms with Crippen LogP contribution in [0.15, 0.2) is 182 Å². The number of aryl methyl sites for hydroxylation is 1. The molecular formula is C60H51N7O+2. The smallest absolute Gasteiger partial charge is 0.456 e. The quantitative estimate of drug-likeness (QED) is 0.142. The molecule has 0 bridgehead atoms. The van der Waals surface area contributed by atoms with Gasteiger partial charge in [-0.05, 0) is 68.4 Å². The highest BCUT2D eigenvalue weighted by Gasteiger charge is 2.36. The van der Waals surface area contributed by atoms with Crippen molar-refractivity contribution in [1.29, 1.82) is 0 Å². The summed E-state index contributed by atoms with van der Waals surface area (Å²) in [4.78, 5) is 20.6. The van der Waals surface area contributed by atoms with Crippen molar-refractivity contribution in [2.24, 2.45) is 0 Å². The van der Waals surface area contributed by atoms with Gasteiger partial charge in [-0.1, -0.05) is 150 Å². The van der Waals surface area contributed by atoms with Gasteiger partial charge in [0.25, 0.3) is 11.4 Å². The second-order valence-corrected chi connectivity index (χ2v) is 19.6. The lowest BCUT2D eigenvalue weighted by Crippen LogP contribution is -2.11. The Balaban J connectivity index is 1.12. The topological polar surface area (TPSA) is 71.7 Å².